The van der Waals surface area contributed by atoms with Crippen molar-refractivity contribution in [3.05, 3.63) is 35.9 Å². The zero-order valence-electron chi connectivity index (χ0n) is 10.4. The number of esters is 1. The van der Waals surface area contributed by atoms with Crippen molar-refractivity contribution in [2.24, 2.45) is 17.8 Å². The fourth-order valence-electron chi connectivity index (χ4n) is 2.29. The van der Waals surface area contributed by atoms with Crippen LogP contribution in [0.15, 0.2) is 30.3 Å². The van der Waals surface area contributed by atoms with Crippen molar-refractivity contribution < 1.29 is 19.4 Å². The van der Waals surface area contributed by atoms with Gasteiger partial charge in [0, 0.05) is 18.4 Å². The Labute approximate surface area is 107 Å². The molecule has 3 atom stereocenters. The molecule has 4 nitrogen and oxygen atoms in total. The summed E-state index contributed by atoms with van der Waals surface area (Å²) < 4.78 is 10.3. The molecule has 98 valence electrons. The van der Waals surface area contributed by atoms with Crippen LogP contribution in [0, 0.1) is 17.8 Å². The van der Waals surface area contributed by atoms with E-state index >= 15 is 0 Å². The lowest BCUT2D eigenvalue weighted by Crippen LogP contribution is -2.07. The number of rotatable bonds is 6. The third kappa shape index (κ3) is 2.89. The minimum atomic E-state index is -0.248. The zero-order chi connectivity index (χ0) is 13.0. The fraction of sp³-hybridized carbons (Fsp3) is 0.500. The molecule has 0 bridgehead atoms. The molecule has 0 unspecified atom stereocenters. The summed E-state index contributed by atoms with van der Waals surface area (Å²) in [6.45, 7) is 1.03. The number of carbonyl (C=O) groups is 1. The van der Waals surface area contributed by atoms with Gasteiger partial charge in [0.25, 0.3) is 0 Å². The summed E-state index contributed by atoms with van der Waals surface area (Å²) in [5, 5.41) is 9.14. The second kappa shape index (κ2) is 5.98. The van der Waals surface area contributed by atoms with Crippen LogP contribution in [0.3, 0.4) is 0 Å². The predicted molar refractivity (Wildman–Crippen MR) is 65.7 cm³/mol. The van der Waals surface area contributed by atoms with Gasteiger partial charge in [0.05, 0.1) is 26.2 Å². The van der Waals surface area contributed by atoms with Gasteiger partial charge in [-0.1, -0.05) is 30.3 Å². The van der Waals surface area contributed by atoms with Crippen molar-refractivity contribution in [2.45, 2.75) is 6.61 Å². The zero-order valence-corrected chi connectivity index (χ0v) is 10.4. The largest absolute Gasteiger partial charge is 0.469 e. The van der Waals surface area contributed by atoms with E-state index in [1.54, 1.807) is 0 Å². The lowest BCUT2D eigenvalue weighted by atomic mass is 10.2. The average Bonchev–Trinajstić information content (AvgIpc) is 3.12. The summed E-state index contributed by atoms with van der Waals surface area (Å²) in [5.41, 5.74) is 1.10. The molecular weight excluding hydrogens is 232 g/mol. The molecule has 0 radical (unpaired) electrons. The molecule has 1 aliphatic rings. The molecule has 0 saturated heterocycles. The van der Waals surface area contributed by atoms with Gasteiger partial charge >= 0.3 is 5.97 Å². The number of methoxy groups -OCH3 is 1. The topological polar surface area (TPSA) is 55.8 Å². The molecule has 2 rings (SSSR count). The van der Waals surface area contributed by atoms with Crippen LogP contribution in [0.1, 0.15) is 5.56 Å². The normalized spacial score (nSPS) is 25.8. The Hall–Kier alpha value is -1.39. The first kappa shape index (κ1) is 13.1. The van der Waals surface area contributed by atoms with Crippen LogP contribution in [-0.4, -0.2) is 31.4 Å². The van der Waals surface area contributed by atoms with E-state index in [9.17, 15) is 4.79 Å². The first-order valence-corrected chi connectivity index (χ1v) is 6.08. The van der Waals surface area contributed by atoms with E-state index in [1.807, 2.05) is 30.3 Å². The van der Waals surface area contributed by atoms with Crippen LogP contribution in [0.4, 0.5) is 0 Å². The monoisotopic (exact) mass is 250 g/mol. The molecule has 1 saturated carbocycles. The first-order valence-electron chi connectivity index (χ1n) is 6.08. The lowest BCUT2D eigenvalue weighted by Gasteiger charge is -2.03. The highest BCUT2D eigenvalue weighted by atomic mass is 16.5. The standard InChI is InChI=1S/C14H18O4/c1-17-14(16)13-11(7-15)12(13)9-18-8-10-5-3-2-4-6-10/h2-6,11-13,15H,7-9H2,1H3/t11-,12+,13-/m0/s1. The van der Waals surface area contributed by atoms with E-state index in [2.05, 4.69) is 0 Å². The molecule has 0 aromatic heterocycles. The number of aliphatic hydroxyl groups is 1. The summed E-state index contributed by atoms with van der Waals surface area (Å²) in [4.78, 5) is 11.4. The molecule has 0 amide bonds. The Morgan fingerprint density at radius 1 is 1.28 bits per heavy atom. The highest BCUT2D eigenvalue weighted by Crippen LogP contribution is 2.46. The van der Waals surface area contributed by atoms with Gasteiger partial charge in [0.15, 0.2) is 0 Å². The molecule has 0 aliphatic heterocycles. The molecule has 1 N–H and O–H groups in total. The Morgan fingerprint density at radius 2 is 2.00 bits per heavy atom. The van der Waals surface area contributed by atoms with Crippen LogP contribution >= 0.6 is 0 Å². The van der Waals surface area contributed by atoms with Crippen LogP contribution in [0.25, 0.3) is 0 Å². The van der Waals surface area contributed by atoms with Gasteiger partial charge in [-0.25, -0.2) is 0 Å². The second-order valence-electron chi connectivity index (χ2n) is 4.56. The van der Waals surface area contributed by atoms with Crippen molar-refractivity contribution in [3.63, 3.8) is 0 Å². The highest BCUT2D eigenvalue weighted by Gasteiger charge is 2.55. The maximum atomic E-state index is 11.4. The SMILES string of the molecule is COC(=O)[C@@H]1[C@H](COCc2ccccc2)[C@@H]1CO. The van der Waals surface area contributed by atoms with E-state index in [-0.39, 0.29) is 30.3 Å². The second-order valence-corrected chi connectivity index (χ2v) is 4.56. The first-order chi connectivity index (χ1) is 8.77. The molecule has 0 heterocycles. The van der Waals surface area contributed by atoms with Crippen LogP contribution < -0.4 is 0 Å². The highest BCUT2D eigenvalue weighted by molar-refractivity contribution is 5.76. The summed E-state index contributed by atoms with van der Waals surface area (Å²) in [5.74, 6) is -0.363. The van der Waals surface area contributed by atoms with E-state index < -0.39 is 0 Å². The molecule has 0 spiro atoms. The molecular formula is C14H18O4. The Morgan fingerprint density at radius 3 is 2.61 bits per heavy atom. The van der Waals surface area contributed by atoms with Gasteiger partial charge in [-0.05, 0) is 5.56 Å². The smallest absolute Gasteiger partial charge is 0.309 e. The molecule has 1 aliphatic carbocycles. The van der Waals surface area contributed by atoms with Gasteiger partial charge in [0.1, 0.15) is 0 Å². The quantitative estimate of drug-likeness (QED) is 0.772. The minimum absolute atomic E-state index is 0.00627. The average molecular weight is 250 g/mol. The summed E-state index contributed by atoms with van der Waals surface area (Å²) in [7, 11) is 1.37. The minimum Gasteiger partial charge on any atom is -0.469 e. The fourth-order valence-corrected chi connectivity index (χ4v) is 2.29. The van der Waals surface area contributed by atoms with Crippen LogP contribution in [0.2, 0.25) is 0 Å². The van der Waals surface area contributed by atoms with Gasteiger partial charge < -0.3 is 14.6 Å². The maximum absolute atomic E-state index is 11.4. The Bertz CT molecular complexity index is 390. The number of hydrogen-bond acceptors (Lipinski definition) is 4. The number of carbonyl (C=O) groups excluding carboxylic acids is 1. The number of ether oxygens (including phenoxy) is 2. The molecule has 1 aromatic carbocycles. The number of aliphatic hydroxyl groups excluding tert-OH is 1. The molecule has 4 heteroatoms. The van der Waals surface area contributed by atoms with E-state index in [0.717, 1.165) is 5.56 Å². The van der Waals surface area contributed by atoms with Crippen molar-refractivity contribution in [2.75, 3.05) is 20.3 Å². The predicted octanol–water partition coefficient (Wildman–Crippen LogP) is 1.23. The van der Waals surface area contributed by atoms with Gasteiger partial charge in [-0.15, -0.1) is 0 Å². The Kier molecular flexibility index (Phi) is 4.33. The molecule has 18 heavy (non-hydrogen) atoms. The van der Waals surface area contributed by atoms with E-state index in [4.69, 9.17) is 14.6 Å². The number of benzene rings is 1. The summed E-state index contributed by atoms with van der Waals surface area (Å²) >= 11 is 0. The van der Waals surface area contributed by atoms with Crippen molar-refractivity contribution in [3.8, 4) is 0 Å². The third-order valence-electron chi connectivity index (χ3n) is 3.44. The van der Waals surface area contributed by atoms with Gasteiger partial charge in [-0.2, -0.15) is 0 Å². The Balaban J connectivity index is 1.76. The van der Waals surface area contributed by atoms with E-state index in [0.29, 0.717) is 13.2 Å². The summed E-state index contributed by atoms with van der Waals surface area (Å²) in [6, 6.07) is 9.87. The van der Waals surface area contributed by atoms with Gasteiger partial charge in [0.2, 0.25) is 0 Å². The van der Waals surface area contributed by atoms with Crippen molar-refractivity contribution in [1.29, 1.82) is 0 Å². The van der Waals surface area contributed by atoms with Crippen LogP contribution in [-0.2, 0) is 20.9 Å². The van der Waals surface area contributed by atoms with Gasteiger partial charge in [-0.3, -0.25) is 4.79 Å². The van der Waals surface area contributed by atoms with Crippen molar-refractivity contribution in [1.82, 2.24) is 0 Å². The third-order valence-corrected chi connectivity index (χ3v) is 3.44. The van der Waals surface area contributed by atoms with Crippen molar-refractivity contribution >= 4 is 5.97 Å². The summed E-state index contributed by atoms with van der Waals surface area (Å²) in [6.07, 6.45) is 0. The maximum Gasteiger partial charge on any atom is 0.309 e. The van der Waals surface area contributed by atoms with E-state index in [1.165, 1.54) is 7.11 Å². The van der Waals surface area contributed by atoms with Crippen LogP contribution in [0.5, 0.6) is 0 Å². The molecule has 1 aromatic rings. The number of hydrogen-bond donors (Lipinski definition) is 1. The lowest BCUT2D eigenvalue weighted by molar-refractivity contribution is -0.143. The molecule has 1 fully saturated rings.